The summed E-state index contributed by atoms with van der Waals surface area (Å²) in [6.07, 6.45) is 14.7. The average molecular weight is 1740 g/mol. The number of hydrogen-bond acceptors (Lipinski definition) is 24. The molecule has 0 aliphatic carbocycles. The SMILES string of the molecule is C/C=C/C[C@@H](C)[C@@H](O)[C@@H]1CC(=O)[C@H](C(C)C)N(C)C(=O)[C@H](CC(C)C)CC(=O)[C@H](CC(C)C)N(C)C(=O)[C@@H](C)NC(=O)[C@H](C)CC(=O)[C@H](CC(C)C)N(C)C(=O)[C@H](C(C)C)CC(=O)[C@H]([C@@H](C)OCCC/C=N/OCc2ccc(-c3cnc(N)s3)cn2)N(C)C(=O)CCC(=O)[C@H](CC)NC1=O.Cc1ncc(-c2ccc(CO/N=C/CCCC(C)C)cn2)s1. The number of amides is 6. The predicted octanol–water partition coefficient (Wildman–Crippen LogP) is 14.1. The Hall–Kier alpha value is -8.87. The molecule has 0 unspecified atom stereocenters. The van der Waals surface area contributed by atoms with Crippen molar-refractivity contribution in [2.45, 2.75) is 296 Å². The van der Waals surface area contributed by atoms with Crippen molar-refractivity contribution in [2.24, 2.45) is 75.4 Å². The molecule has 0 aromatic carbocycles. The topological polar surface area (TPSA) is 375 Å². The number of Topliss-reactive ketones (excluding diaryl/α,β-unsaturated/α-hetero) is 5. The van der Waals surface area contributed by atoms with E-state index in [-0.39, 0.29) is 82.3 Å². The number of carbonyl (C=O) groups excluding carboxylic acids is 11. The molecule has 0 radical (unpaired) electrons. The molecular formula is C92H143N13O15S2. The molecule has 1 aliphatic heterocycles. The highest BCUT2D eigenvalue weighted by Gasteiger charge is 2.44. The van der Waals surface area contributed by atoms with Crippen molar-refractivity contribution >= 4 is 105 Å². The molecule has 13 atom stereocenters. The van der Waals surface area contributed by atoms with E-state index in [1.807, 2.05) is 104 Å². The first-order valence-corrected chi connectivity index (χ1v) is 45.2. The standard InChI is InChI=1S/C75H120N10O14S.C17H23N3OS/c1-21-23-26-48(13)69(92)56-39-63(89)67(47(11)12)85(20)73(96)53(33-43(3)4)37-62(88)59(35-45(7)8)82(17)72(95)50(15)80-70(93)49(14)36-61(87)58(34-44(5)6)83(18)74(97)55(46(9)10)38-64(90)68(84(19)66(91)30-29-60(86)57(22-2)81-71(56)94)51(16)98-32-25-24-31-79-99-42-54-28-27-52(40-77-54)65-41-78-75(76)100-65;1-13(2)6-4-5-9-20-21-12-15-7-8-16(19-10-15)17-11-18-14(3)22-17/h21,23,27-28,31,40-41,43-51,53,55-59,67-69,92H,22,24-26,29-30,32-39,42H2,1-20H3,(H2,76,78)(H,80,93)(H,81,94);7-11,13H,4-6,12H2,1-3H3/b23-21+,79-31+;20-9+/t48-,49-,50-,51-,53-,55+,56+,57+,58+,59+,67+,68+,69-;/m1./s1. The number of pyridine rings is 2. The molecule has 4 aromatic heterocycles. The molecule has 678 valence electrons. The number of oxime groups is 2. The van der Waals surface area contributed by atoms with E-state index in [2.05, 4.69) is 54.7 Å². The fraction of sp³-hybridized carbons (Fsp3) is 0.663. The number of allylic oxidation sites excluding steroid dienone is 2. The van der Waals surface area contributed by atoms with Gasteiger partial charge < -0.3 is 55.5 Å². The summed E-state index contributed by atoms with van der Waals surface area (Å²) >= 11 is 3.00. The summed E-state index contributed by atoms with van der Waals surface area (Å²) in [6.45, 7) is 35.5. The Morgan fingerprint density at radius 3 is 1.72 bits per heavy atom. The van der Waals surface area contributed by atoms with Crippen molar-refractivity contribution in [2.75, 3.05) is 40.5 Å². The molecule has 6 amide bonds. The Bertz CT molecular complexity index is 4070. The molecule has 30 heteroatoms. The highest BCUT2D eigenvalue weighted by molar-refractivity contribution is 7.18. The molecule has 28 nitrogen and oxygen atoms in total. The predicted molar refractivity (Wildman–Crippen MR) is 481 cm³/mol. The lowest BCUT2D eigenvalue weighted by molar-refractivity contribution is -0.148. The lowest BCUT2D eigenvalue weighted by Crippen LogP contribution is -2.53. The zero-order chi connectivity index (χ0) is 91.4. The van der Waals surface area contributed by atoms with Crippen LogP contribution in [0, 0.1) is 72.0 Å². The summed E-state index contributed by atoms with van der Waals surface area (Å²) in [7, 11) is 5.88. The van der Waals surface area contributed by atoms with Gasteiger partial charge in [-0.2, -0.15) is 0 Å². The number of rotatable bonds is 31. The smallest absolute Gasteiger partial charge is 0.245 e. The fourth-order valence-electron chi connectivity index (χ4n) is 15.0. The van der Waals surface area contributed by atoms with Crippen LogP contribution in [0.2, 0.25) is 0 Å². The van der Waals surface area contributed by atoms with Crippen LogP contribution in [0.3, 0.4) is 0 Å². The summed E-state index contributed by atoms with van der Waals surface area (Å²) in [5, 5.41) is 27.1. The number of aromatic nitrogens is 4. The van der Waals surface area contributed by atoms with Gasteiger partial charge in [-0.05, 0) is 139 Å². The Morgan fingerprint density at radius 2 is 1.18 bits per heavy atom. The highest BCUT2D eigenvalue weighted by atomic mass is 32.1. The van der Waals surface area contributed by atoms with E-state index in [9.17, 15) is 53.1 Å². The molecule has 1 aliphatic rings. The number of aliphatic hydroxyl groups excluding tert-OH is 1. The van der Waals surface area contributed by atoms with E-state index in [0.717, 1.165) is 50.3 Å². The first kappa shape index (κ1) is 105. The zero-order valence-corrected chi connectivity index (χ0v) is 78.5. The number of nitrogens with two attached hydrogens (primary N) is 1. The van der Waals surface area contributed by atoms with Gasteiger partial charge in [0, 0.05) is 139 Å². The van der Waals surface area contributed by atoms with Crippen LogP contribution in [0.1, 0.15) is 244 Å². The monoisotopic (exact) mass is 1730 g/mol. The van der Waals surface area contributed by atoms with Gasteiger partial charge in [0.25, 0.3) is 0 Å². The normalized spacial score (nSPS) is 22.6. The van der Waals surface area contributed by atoms with Gasteiger partial charge in [0.05, 0.1) is 68.4 Å². The third-order valence-electron chi connectivity index (χ3n) is 22.1. The highest BCUT2D eigenvalue weighted by Crippen LogP contribution is 2.32. The Kier molecular flexibility index (Phi) is 46.1. The third-order valence-corrected chi connectivity index (χ3v) is 23.9. The van der Waals surface area contributed by atoms with Gasteiger partial charge in [0.15, 0.2) is 40.7 Å². The van der Waals surface area contributed by atoms with Crippen molar-refractivity contribution in [1.29, 1.82) is 0 Å². The van der Waals surface area contributed by atoms with E-state index >= 15 is 4.79 Å². The van der Waals surface area contributed by atoms with Gasteiger partial charge in [-0.3, -0.25) is 62.7 Å². The number of ketones is 5. The number of carbonyl (C=O) groups is 11. The lowest BCUT2D eigenvalue weighted by atomic mass is 9.82. The van der Waals surface area contributed by atoms with E-state index < -0.39 is 167 Å². The van der Waals surface area contributed by atoms with Gasteiger partial charge in [-0.1, -0.05) is 156 Å². The summed E-state index contributed by atoms with van der Waals surface area (Å²) in [5.74, 6) is -11.5. The number of nitrogens with one attached hydrogen (secondary N) is 2. The average Bonchev–Trinajstić information content (AvgIpc) is 1.03. The van der Waals surface area contributed by atoms with Crippen LogP contribution >= 0.6 is 22.7 Å². The first-order valence-electron chi connectivity index (χ1n) is 43.6. The molecule has 0 spiro atoms. The minimum absolute atomic E-state index is 0.0674. The van der Waals surface area contributed by atoms with Gasteiger partial charge in [0.2, 0.25) is 35.4 Å². The molecular weight excluding hydrogens is 1590 g/mol. The number of unbranched alkanes of at least 4 members (excludes halogenated alkanes) is 2. The quantitative estimate of drug-likeness (QED) is 0.0157. The van der Waals surface area contributed by atoms with Gasteiger partial charge >= 0.3 is 0 Å². The summed E-state index contributed by atoms with van der Waals surface area (Å²) in [6, 6.07) is 0.903. The van der Waals surface area contributed by atoms with Crippen LogP contribution in [0.5, 0.6) is 0 Å². The fourth-order valence-corrected chi connectivity index (χ4v) is 16.4. The summed E-state index contributed by atoms with van der Waals surface area (Å²) in [5.41, 5.74) is 9.27. The van der Waals surface area contributed by atoms with Crippen LogP contribution in [0.4, 0.5) is 5.13 Å². The second-order valence-electron chi connectivity index (χ2n) is 35.1. The number of nitrogens with zero attached hydrogens (tertiary/aromatic N) is 10. The van der Waals surface area contributed by atoms with Crippen molar-refractivity contribution < 1.29 is 72.3 Å². The molecule has 5 N–H and O–H groups in total. The van der Waals surface area contributed by atoms with Crippen LogP contribution in [-0.2, 0) is 80.4 Å². The van der Waals surface area contributed by atoms with E-state index in [1.54, 1.807) is 91.4 Å². The number of anilines is 1. The number of aliphatic hydroxyl groups is 1. The molecule has 0 saturated carbocycles. The number of likely N-dealkylation sites (N-methyl/N-ethyl adjacent to an activating group) is 4. The van der Waals surface area contributed by atoms with Crippen molar-refractivity contribution in [3.05, 3.63) is 77.5 Å². The number of aryl methyl sites for hydroxylation is 1. The number of ether oxygens (including phenoxy) is 1. The van der Waals surface area contributed by atoms with Gasteiger partial charge in [-0.15, -0.1) is 11.3 Å². The molecule has 5 heterocycles. The van der Waals surface area contributed by atoms with Crippen LogP contribution in [0.25, 0.3) is 21.0 Å². The molecule has 122 heavy (non-hydrogen) atoms. The Morgan fingerprint density at radius 1 is 0.582 bits per heavy atom. The molecule has 5 rings (SSSR count). The second-order valence-corrected chi connectivity index (χ2v) is 37.4. The zero-order valence-electron chi connectivity index (χ0n) is 76.9. The maximum atomic E-state index is 15.1. The Labute approximate surface area is 733 Å². The van der Waals surface area contributed by atoms with E-state index in [1.165, 1.54) is 72.5 Å². The largest absolute Gasteiger partial charge is 0.392 e. The van der Waals surface area contributed by atoms with Gasteiger partial charge in [0.1, 0.15) is 18.7 Å². The number of nitrogen functional groups attached to an aromatic ring is 1. The van der Waals surface area contributed by atoms with Crippen molar-refractivity contribution in [1.82, 2.24) is 50.2 Å². The minimum atomic E-state index is -1.41. The maximum Gasteiger partial charge on any atom is 0.245 e. The van der Waals surface area contributed by atoms with Crippen LogP contribution in [-0.4, -0.2) is 205 Å². The van der Waals surface area contributed by atoms with Crippen LogP contribution in [0.15, 0.2) is 71.5 Å². The van der Waals surface area contributed by atoms with E-state index in [4.69, 9.17) is 20.1 Å². The van der Waals surface area contributed by atoms with Crippen LogP contribution < -0.4 is 16.4 Å². The minimum Gasteiger partial charge on any atom is -0.392 e. The maximum absolute atomic E-state index is 15.1. The second kappa shape index (κ2) is 53.3. The molecule has 1 saturated heterocycles. The van der Waals surface area contributed by atoms with Crippen molar-refractivity contribution in [3.63, 3.8) is 0 Å². The Balaban J connectivity index is 0.00000122. The third kappa shape index (κ3) is 34.7. The van der Waals surface area contributed by atoms with Gasteiger partial charge in [-0.25, -0.2) is 9.97 Å². The molecule has 4 aromatic rings. The molecule has 1 fully saturated rings. The molecule has 0 bridgehead atoms. The van der Waals surface area contributed by atoms with Crippen molar-refractivity contribution in [3.8, 4) is 21.0 Å². The first-order chi connectivity index (χ1) is 57.5. The number of thiazole rings is 2. The number of hydrogen-bond donors (Lipinski definition) is 4. The lowest BCUT2D eigenvalue weighted by Gasteiger charge is -2.36. The summed E-state index contributed by atoms with van der Waals surface area (Å²) in [4.78, 5) is 196. The van der Waals surface area contributed by atoms with E-state index in [0.29, 0.717) is 36.7 Å². The summed E-state index contributed by atoms with van der Waals surface area (Å²) < 4.78 is 6.30.